The number of rotatable bonds is 7. The molecule has 1 aliphatic rings. The van der Waals surface area contributed by atoms with Gasteiger partial charge in [0.1, 0.15) is 0 Å². The summed E-state index contributed by atoms with van der Waals surface area (Å²) in [6.45, 7) is 1.61. The lowest BCUT2D eigenvalue weighted by molar-refractivity contribution is 0.0507. The van der Waals surface area contributed by atoms with E-state index in [1.165, 1.54) is 6.26 Å². The first kappa shape index (κ1) is 22.2. The maximum Gasteiger partial charge on any atom is 0.211 e. The number of pyridine rings is 1. The zero-order chi connectivity index (χ0) is 22.0. The van der Waals surface area contributed by atoms with E-state index in [2.05, 4.69) is 9.88 Å². The lowest BCUT2D eigenvalue weighted by Gasteiger charge is -2.48. The minimum Gasteiger partial charge on any atom is -0.289 e. The molecule has 1 aliphatic heterocycles. The monoisotopic (exact) mass is 475 g/mol. The molecule has 3 aromatic rings. The van der Waals surface area contributed by atoms with Crippen molar-refractivity contribution < 1.29 is 8.42 Å². The van der Waals surface area contributed by atoms with Crippen molar-refractivity contribution in [1.29, 1.82) is 0 Å². The van der Waals surface area contributed by atoms with Crippen LogP contribution in [-0.4, -0.2) is 48.0 Å². The molecular weight excluding hydrogens is 453 g/mol. The summed E-state index contributed by atoms with van der Waals surface area (Å²) < 4.78 is 26.6. The van der Waals surface area contributed by atoms with Crippen molar-refractivity contribution >= 4 is 33.2 Å². The molecule has 162 valence electrons. The van der Waals surface area contributed by atoms with E-state index in [9.17, 15) is 8.42 Å². The second-order valence-corrected chi connectivity index (χ2v) is 10.6. The molecular formula is C23H23Cl2N3O2S. The molecule has 2 aromatic carbocycles. The zero-order valence-corrected chi connectivity index (χ0v) is 19.4. The highest BCUT2D eigenvalue weighted by atomic mass is 35.5. The van der Waals surface area contributed by atoms with Gasteiger partial charge in [0.15, 0.2) is 0 Å². The van der Waals surface area contributed by atoms with E-state index < -0.39 is 10.0 Å². The standard InChI is InChI=1S/C23H23Cl2N3O2S/c1-31(29,30)28(14-17-10-12-26-13-11-17)22-15-27(16-22)23(18-2-6-20(24)7-3-18)19-4-8-21(25)9-5-19/h2-13,22-23H,14-16H2,1H3. The van der Waals surface area contributed by atoms with Crippen LogP contribution in [0.15, 0.2) is 73.1 Å². The first-order chi connectivity index (χ1) is 14.8. The van der Waals surface area contributed by atoms with Crippen LogP contribution in [0.3, 0.4) is 0 Å². The Morgan fingerprint density at radius 2 is 1.42 bits per heavy atom. The average Bonchev–Trinajstić information content (AvgIpc) is 2.71. The predicted octanol–water partition coefficient (Wildman–Crippen LogP) is 4.62. The third kappa shape index (κ3) is 5.27. The summed E-state index contributed by atoms with van der Waals surface area (Å²) in [5, 5.41) is 1.36. The highest BCUT2D eigenvalue weighted by Gasteiger charge is 2.40. The van der Waals surface area contributed by atoms with Crippen LogP contribution in [0.2, 0.25) is 10.0 Å². The summed E-state index contributed by atoms with van der Waals surface area (Å²) in [5.41, 5.74) is 3.13. The van der Waals surface area contributed by atoms with Crippen LogP contribution in [0.25, 0.3) is 0 Å². The van der Waals surface area contributed by atoms with E-state index in [1.54, 1.807) is 16.7 Å². The summed E-state index contributed by atoms with van der Waals surface area (Å²) in [5.74, 6) is 0. The molecule has 0 bridgehead atoms. The van der Waals surface area contributed by atoms with Crippen LogP contribution < -0.4 is 0 Å². The maximum absolute atomic E-state index is 12.5. The SMILES string of the molecule is CS(=O)(=O)N(Cc1ccncc1)C1CN(C(c2ccc(Cl)cc2)c2ccc(Cl)cc2)C1. The zero-order valence-electron chi connectivity index (χ0n) is 17.0. The number of aromatic nitrogens is 1. The second-order valence-electron chi connectivity index (χ2n) is 7.78. The van der Waals surface area contributed by atoms with Gasteiger partial charge in [-0.1, -0.05) is 47.5 Å². The number of likely N-dealkylation sites (tertiary alicyclic amines) is 1. The number of hydrogen-bond donors (Lipinski definition) is 0. The summed E-state index contributed by atoms with van der Waals surface area (Å²) in [6, 6.07) is 19.2. The van der Waals surface area contributed by atoms with E-state index in [0.717, 1.165) is 16.7 Å². The second kappa shape index (κ2) is 9.27. The van der Waals surface area contributed by atoms with Gasteiger partial charge in [-0.05, 0) is 53.1 Å². The fourth-order valence-electron chi connectivity index (χ4n) is 3.97. The van der Waals surface area contributed by atoms with Gasteiger partial charge in [-0.2, -0.15) is 4.31 Å². The van der Waals surface area contributed by atoms with Gasteiger partial charge in [-0.15, -0.1) is 0 Å². The fourth-order valence-corrected chi connectivity index (χ4v) is 5.28. The Morgan fingerprint density at radius 1 is 0.935 bits per heavy atom. The van der Waals surface area contributed by atoms with E-state index in [4.69, 9.17) is 23.2 Å². The fraction of sp³-hybridized carbons (Fsp3) is 0.261. The van der Waals surface area contributed by atoms with E-state index in [1.807, 2.05) is 60.7 Å². The molecule has 0 N–H and O–H groups in total. The summed E-state index contributed by atoms with van der Waals surface area (Å²) >= 11 is 12.2. The minimum atomic E-state index is -3.36. The number of sulfonamides is 1. The van der Waals surface area contributed by atoms with Gasteiger partial charge in [0.25, 0.3) is 0 Å². The Morgan fingerprint density at radius 3 is 1.87 bits per heavy atom. The van der Waals surface area contributed by atoms with Gasteiger partial charge in [0.05, 0.1) is 18.3 Å². The lowest BCUT2D eigenvalue weighted by Crippen LogP contribution is -2.61. The smallest absolute Gasteiger partial charge is 0.211 e. The van der Waals surface area contributed by atoms with Crippen LogP contribution in [0, 0.1) is 0 Å². The van der Waals surface area contributed by atoms with Crippen molar-refractivity contribution in [3.63, 3.8) is 0 Å². The molecule has 5 nitrogen and oxygen atoms in total. The summed E-state index contributed by atoms with van der Waals surface area (Å²) in [7, 11) is -3.36. The number of nitrogens with zero attached hydrogens (tertiary/aromatic N) is 3. The van der Waals surface area contributed by atoms with Gasteiger partial charge < -0.3 is 0 Å². The Labute approximate surface area is 193 Å². The molecule has 0 saturated carbocycles. The maximum atomic E-state index is 12.5. The molecule has 0 spiro atoms. The molecule has 1 fully saturated rings. The molecule has 2 heterocycles. The van der Waals surface area contributed by atoms with Crippen LogP contribution in [0.5, 0.6) is 0 Å². The summed E-state index contributed by atoms with van der Waals surface area (Å²) in [4.78, 5) is 6.29. The Balaban J connectivity index is 1.57. The van der Waals surface area contributed by atoms with Crippen molar-refractivity contribution in [2.75, 3.05) is 19.3 Å². The molecule has 1 saturated heterocycles. The highest BCUT2D eigenvalue weighted by molar-refractivity contribution is 7.88. The van der Waals surface area contributed by atoms with Crippen LogP contribution in [0.1, 0.15) is 22.7 Å². The molecule has 0 aliphatic carbocycles. The predicted molar refractivity (Wildman–Crippen MR) is 125 cm³/mol. The van der Waals surface area contributed by atoms with Crippen molar-refractivity contribution in [3.05, 3.63) is 99.8 Å². The van der Waals surface area contributed by atoms with Crippen LogP contribution in [0.4, 0.5) is 0 Å². The van der Waals surface area contributed by atoms with Crippen molar-refractivity contribution in [1.82, 2.24) is 14.2 Å². The minimum absolute atomic E-state index is 0.00637. The number of hydrogen-bond acceptors (Lipinski definition) is 4. The van der Waals surface area contributed by atoms with Gasteiger partial charge in [0.2, 0.25) is 10.0 Å². The van der Waals surface area contributed by atoms with Crippen molar-refractivity contribution in [2.45, 2.75) is 18.6 Å². The lowest BCUT2D eigenvalue weighted by atomic mass is 9.93. The normalized spacial score (nSPS) is 15.4. The average molecular weight is 476 g/mol. The number of halogens is 2. The van der Waals surface area contributed by atoms with Gasteiger partial charge in [-0.25, -0.2) is 8.42 Å². The molecule has 8 heteroatoms. The quantitative estimate of drug-likeness (QED) is 0.499. The van der Waals surface area contributed by atoms with Crippen LogP contribution >= 0.6 is 23.2 Å². The third-order valence-corrected chi connectivity index (χ3v) is 7.33. The summed E-state index contributed by atoms with van der Waals surface area (Å²) in [6.07, 6.45) is 4.63. The van der Waals surface area contributed by atoms with E-state index in [0.29, 0.717) is 29.7 Å². The van der Waals surface area contributed by atoms with E-state index in [-0.39, 0.29) is 12.1 Å². The van der Waals surface area contributed by atoms with Gasteiger partial charge in [-0.3, -0.25) is 9.88 Å². The number of benzene rings is 2. The Kier molecular flexibility index (Phi) is 6.65. The topological polar surface area (TPSA) is 53.5 Å². The molecule has 1 aromatic heterocycles. The van der Waals surface area contributed by atoms with Crippen molar-refractivity contribution in [3.8, 4) is 0 Å². The Bertz CT molecular complexity index is 1070. The van der Waals surface area contributed by atoms with Crippen LogP contribution in [-0.2, 0) is 16.6 Å². The highest BCUT2D eigenvalue weighted by Crippen LogP contribution is 2.35. The molecule has 0 amide bonds. The first-order valence-electron chi connectivity index (χ1n) is 9.92. The molecule has 0 atom stereocenters. The molecule has 0 radical (unpaired) electrons. The molecule has 31 heavy (non-hydrogen) atoms. The van der Waals surface area contributed by atoms with Gasteiger partial charge in [0, 0.05) is 42.1 Å². The first-order valence-corrected chi connectivity index (χ1v) is 12.5. The van der Waals surface area contributed by atoms with E-state index >= 15 is 0 Å². The van der Waals surface area contributed by atoms with Gasteiger partial charge >= 0.3 is 0 Å². The van der Waals surface area contributed by atoms with Crippen molar-refractivity contribution in [2.24, 2.45) is 0 Å². The largest absolute Gasteiger partial charge is 0.289 e. The Hall–Kier alpha value is -1.96. The molecule has 0 unspecified atom stereocenters. The third-order valence-electron chi connectivity index (χ3n) is 5.55. The molecule has 4 rings (SSSR count).